The minimum Gasteiger partial charge on any atom is -0.550 e. The number of hydrogen-bond acceptors (Lipinski definition) is 7. The molecule has 3 aliphatic heterocycles. The zero-order chi connectivity index (χ0) is 15.2. The molecular weight excluding hydrogens is 319 g/mol. The van der Waals surface area contributed by atoms with Crippen molar-refractivity contribution in [1.29, 1.82) is 0 Å². The number of aliphatic carboxylic acids is 1. The Hall–Kier alpha value is 0.660. The fourth-order valence-electron chi connectivity index (χ4n) is 2.84. The number of carbonyl (C=O) groups excluding carboxylic acids is 1. The number of carbonyl (C=O) groups is 1. The van der Waals surface area contributed by atoms with E-state index in [1.165, 1.54) is 0 Å². The van der Waals surface area contributed by atoms with E-state index < -0.39 is 24.5 Å². The molecule has 0 aromatic carbocycles. The normalized spacial score (nSPS) is 35.1. The minimum atomic E-state index is -1.03. The van der Waals surface area contributed by atoms with Gasteiger partial charge in [0.15, 0.2) is 6.29 Å². The van der Waals surface area contributed by atoms with Gasteiger partial charge in [0.1, 0.15) is 6.10 Å². The molecule has 3 fully saturated rings. The van der Waals surface area contributed by atoms with E-state index in [4.69, 9.17) is 9.47 Å². The molecular formula is C14H23NaO6S. The maximum Gasteiger partial charge on any atom is 1.00 e. The summed E-state index contributed by atoms with van der Waals surface area (Å²) in [5.74, 6) is 0.262. The molecule has 2 bridgehead atoms. The maximum atomic E-state index is 10.3. The molecule has 0 aliphatic carbocycles. The third-order valence-corrected chi connectivity index (χ3v) is 5.16. The summed E-state index contributed by atoms with van der Waals surface area (Å²) in [4.78, 5) is 10.3. The van der Waals surface area contributed by atoms with Crippen molar-refractivity contribution in [1.82, 2.24) is 0 Å². The van der Waals surface area contributed by atoms with Crippen molar-refractivity contribution in [2.75, 3.05) is 18.1 Å². The molecule has 3 saturated heterocycles. The van der Waals surface area contributed by atoms with Crippen LogP contribution in [0.25, 0.3) is 0 Å². The predicted molar refractivity (Wildman–Crippen MR) is 75.5 cm³/mol. The Bertz CT molecular complexity index is 343. The van der Waals surface area contributed by atoms with Crippen LogP contribution in [0, 0.1) is 5.92 Å². The van der Waals surface area contributed by atoms with Crippen molar-refractivity contribution in [2.24, 2.45) is 5.92 Å². The fourth-order valence-corrected chi connectivity index (χ4v) is 3.92. The Kier molecular flexibility index (Phi) is 9.89. The van der Waals surface area contributed by atoms with Crippen LogP contribution in [0.3, 0.4) is 0 Å². The molecule has 3 heterocycles. The van der Waals surface area contributed by atoms with Crippen LogP contribution in [-0.2, 0) is 14.3 Å². The molecule has 0 aromatic heterocycles. The number of carboxylic acid groups (broad SMARTS) is 1. The summed E-state index contributed by atoms with van der Waals surface area (Å²) < 4.78 is 11.3. The summed E-state index contributed by atoms with van der Waals surface area (Å²) in [5, 5.41) is 30.6. The molecule has 8 heteroatoms. The van der Waals surface area contributed by atoms with Gasteiger partial charge in [-0.2, -0.15) is 11.8 Å². The quantitative estimate of drug-likeness (QED) is 0.382. The number of carboxylic acids is 1. The summed E-state index contributed by atoms with van der Waals surface area (Å²) in [6, 6.07) is 0. The number of hydrogen-bond donors (Lipinski definition) is 2. The molecule has 3 rings (SSSR count). The average Bonchev–Trinajstić information content (AvgIpc) is 2.58. The summed E-state index contributed by atoms with van der Waals surface area (Å²) in [5.41, 5.74) is 0. The second-order valence-corrected chi connectivity index (χ2v) is 6.75. The zero-order valence-corrected chi connectivity index (χ0v) is 15.8. The van der Waals surface area contributed by atoms with Gasteiger partial charge in [0.05, 0.1) is 12.2 Å². The Balaban J connectivity index is 0.00000242. The first-order chi connectivity index (χ1) is 10.1. The Morgan fingerprint density at radius 1 is 1.27 bits per heavy atom. The van der Waals surface area contributed by atoms with Crippen LogP contribution in [0.4, 0.5) is 0 Å². The van der Waals surface area contributed by atoms with Crippen LogP contribution in [0.2, 0.25) is 0 Å². The van der Waals surface area contributed by atoms with Crippen molar-refractivity contribution in [2.45, 2.75) is 56.7 Å². The van der Waals surface area contributed by atoms with Gasteiger partial charge < -0.3 is 29.6 Å². The number of aliphatic hydroxyl groups excluding tert-OH is 2. The molecule has 2 N–H and O–H groups in total. The molecule has 5 atom stereocenters. The van der Waals surface area contributed by atoms with Crippen molar-refractivity contribution < 1.29 is 59.1 Å². The van der Waals surface area contributed by atoms with Gasteiger partial charge >= 0.3 is 29.6 Å². The molecule has 0 radical (unpaired) electrons. The zero-order valence-electron chi connectivity index (χ0n) is 13.0. The van der Waals surface area contributed by atoms with Crippen molar-refractivity contribution >= 4 is 17.7 Å². The first-order valence-corrected chi connectivity index (χ1v) is 8.66. The van der Waals surface area contributed by atoms with Crippen LogP contribution in [-0.4, -0.2) is 58.9 Å². The van der Waals surface area contributed by atoms with E-state index in [1.54, 1.807) is 11.8 Å². The summed E-state index contributed by atoms with van der Waals surface area (Å²) in [6.07, 6.45) is 0.534. The number of thioether (sulfide) groups is 1. The van der Waals surface area contributed by atoms with Crippen LogP contribution in [0.5, 0.6) is 0 Å². The second kappa shape index (κ2) is 10.5. The third kappa shape index (κ3) is 5.94. The Morgan fingerprint density at radius 2 is 2.05 bits per heavy atom. The van der Waals surface area contributed by atoms with Gasteiger partial charge in [0, 0.05) is 24.2 Å². The van der Waals surface area contributed by atoms with Crippen LogP contribution < -0.4 is 34.7 Å². The molecule has 22 heavy (non-hydrogen) atoms. The monoisotopic (exact) mass is 342 g/mol. The Labute approximate surface area is 157 Å². The van der Waals surface area contributed by atoms with Gasteiger partial charge in [-0.15, -0.1) is 0 Å². The van der Waals surface area contributed by atoms with E-state index >= 15 is 0 Å². The SMILES string of the molecule is O=C([O-])CCCSCC1OC2OCCCCC1C(O)C2O.[Na+]. The van der Waals surface area contributed by atoms with E-state index in [2.05, 4.69) is 0 Å². The van der Waals surface area contributed by atoms with Gasteiger partial charge in [0.25, 0.3) is 0 Å². The van der Waals surface area contributed by atoms with E-state index in [1.807, 2.05) is 0 Å². The molecule has 0 spiro atoms. The average molecular weight is 342 g/mol. The standard InChI is InChI=1S/C14H24O6S.Na/c15-11(16)5-3-7-21-8-10-9-4-1-2-6-19-14(20-10)13(18)12(9)17;/h9-10,12-14,17-18H,1-8H2,(H,15,16);/q;+1/p-1. The van der Waals surface area contributed by atoms with Crippen molar-refractivity contribution in [3.63, 3.8) is 0 Å². The minimum absolute atomic E-state index is 0. The number of fused-ring (bicyclic) bond motifs is 6. The Morgan fingerprint density at radius 3 is 2.77 bits per heavy atom. The number of rotatable bonds is 6. The molecule has 3 aliphatic rings. The molecule has 0 saturated carbocycles. The van der Waals surface area contributed by atoms with Gasteiger partial charge in [-0.3, -0.25) is 0 Å². The van der Waals surface area contributed by atoms with Crippen LogP contribution in [0.1, 0.15) is 32.1 Å². The summed E-state index contributed by atoms with van der Waals surface area (Å²) >= 11 is 1.60. The van der Waals surface area contributed by atoms with Gasteiger partial charge in [-0.05, 0) is 31.4 Å². The topological polar surface area (TPSA) is 99.1 Å². The van der Waals surface area contributed by atoms with E-state index in [9.17, 15) is 20.1 Å². The van der Waals surface area contributed by atoms with E-state index in [0.717, 1.165) is 19.3 Å². The second-order valence-electron chi connectivity index (χ2n) is 5.61. The maximum absolute atomic E-state index is 10.3. The third-order valence-electron chi connectivity index (χ3n) is 4.02. The first kappa shape index (κ1) is 20.7. The van der Waals surface area contributed by atoms with Gasteiger partial charge in [0.2, 0.25) is 0 Å². The molecule has 5 unspecified atom stereocenters. The summed E-state index contributed by atoms with van der Waals surface area (Å²) in [7, 11) is 0. The van der Waals surface area contributed by atoms with Gasteiger partial charge in [-0.1, -0.05) is 6.42 Å². The predicted octanol–water partition coefficient (Wildman–Crippen LogP) is -3.48. The molecule has 0 aromatic rings. The molecule has 122 valence electrons. The van der Waals surface area contributed by atoms with Crippen molar-refractivity contribution in [3.05, 3.63) is 0 Å². The first-order valence-electron chi connectivity index (χ1n) is 7.50. The van der Waals surface area contributed by atoms with E-state index in [0.29, 0.717) is 24.5 Å². The summed E-state index contributed by atoms with van der Waals surface area (Å²) in [6.45, 7) is 0.534. The largest absolute Gasteiger partial charge is 1.00 e. The van der Waals surface area contributed by atoms with Crippen LogP contribution >= 0.6 is 11.8 Å². The smallest absolute Gasteiger partial charge is 0.550 e. The van der Waals surface area contributed by atoms with E-state index in [-0.39, 0.29) is 48.0 Å². The van der Waals surface area contributed by atoms with Gasteiger partial charge in [-0.25, -0.2) is 0 Å². The number of ether oxygens (including phenoxy) is 2. The van der Waals surface area contributed by atoms with Crippen LogP contribution in [0.15, 0.2) is 0 Å². The van der Waals surface area contributed by atoms with Crippen molar-refractivity contribution in [3.8, 4) is 0 Å². The molecule has 0 amide bonds. The fraction of sp³-hybridized carbons (Fsp3) is 0.929. The number of aliphatic hydroxyl groups is 2. The molecule has 6 nitrogen and oxygen atoms in total.